The van der Waals surface area contributed by atoms with E-state index in [1.165, 1.54) is 11.3 Å². The van der Waals surface area contributed by atoms with E-state index in [1.54, 1.807) is 0 Å². The van der Waals surface area contributed by atoms with Crippen LogP contribution in [0.15, 0.2) is 36.5 Å². The number of nitrogens with two attached hydrogens (primary N) is 1. The molecule has 0 radical (unpaired) electrons. The number of nitrogen functional groups attached to an aromatic ring is 1. The first kappa shape index (κ1) is 11.9. The van der Waals surface area contributed by atoms with Crippen molar-refractivity contribution < 1.29 is 0 Å². The number of anilines is 1. The summed E-state index contributed by atoms with van der Waals surface area (Å²) in [5.41, 5.74) is 9.99. The number of thiazole rings is 1. The number of para-hydroxylation sites is 1. The summed E-state index contributed by atoms with van der Waals surface area (Å²) in [6.45, 7) is 4.08. The predicted molar refractivity (Wildman–Crippen MR) is 78.6 cm³/mol. The Bertz CT molecular complexity index is 712. The molecule has 96 valence electrons. The van der Waals surface area contributed by atoms with E-state index in [4.69, 9.17) is 5.73 Å². The summed E-state index contributed by atoms with van der Waals surface area (Å²) in [7, 11) is 0. The molecule has 1 aromatic carbocycles. The molecule has 0 saturated carbocycles. The third-order valence-electron chi connectivity index (χ3n) is 3.06. The minimum atomic E-state index is 0.585. The molecule has 0 amide bonds. The van der Waals surface area contributed by atoms with Crippen molar-refractivity contribution in [3.63, 3.8) is 0 Å². The van der Waals surface area contributed by atoms with Gasteiger partial charge in [-0.3, -0.25) is 0 Å². The highest BCUT2D eigenvalue weighted by atomic mass is 32.1. The molecule has 4 nitrogen and oxygen atoms in total. The quantitative estimate of drug-likeness (QED) is 0.778. The number of rotatable bonds is 2. The molecule has 0 bridgehead atoms. The maximum absolute atomic E-state index is 5.71. The van der Waals surface area contributed by atoms with Gasteiger partial charge in [-0.05, 0) is 26.0 Å². The number of aryl methyl sites for hydroxylation is 1. The topological polar surface area (TPSA) is 56.7 Å². The van der Waals surface area contributed by atoms with Gasteiger partial charge in [0.15, 0.2) is 5.13 Å². The highest BCUT2D eigenvalue weighted by Gasteiger charge is 2.16. The molecule has 0 saturated heterocycles. The van der Waals surface area contributed by atoms with Crippen molar-refractivity contribution in [2.75, 3.05) is 5.73 Å². The molecule has 0 aliphatic rings. The molecule has 0 fully saturated rings. The summed E-state index contributed by atoms with van der Waals surface area (Å²) in [6, 6.07) is 10.1. The smallest absolute Gasteiger partial charge is 0.180 e. The maximum Gasteiger partial charge on any atom is 0.180 e. The van der Waals surface area contributed by atoms with Crippen molar-refractivity contribution in [2.45, 2.75) is 13.8 Å². The van der Waals surface area contributed by atoms with Crippen LogP contribution >= 0.6 is 11.3 Å². The molecule has 0 aliphatic carbocycles. The average molecular weight is 270 g/mol. The van der Waals surface area contributed by atoms with Gasteiger partial charge in [-0.2, -0.15) is 5.10 Å². The van der Waals surface area contributed by atoms with Crippen LogP contribution in [-0.4, -0.2) is 14.8 Å². The molecule has 2 N–H and O–H groups in total. The standard InChI is InChI=1S/C14H14N4S/c1-9-13(12-8-16-14(15)19-12)10(2)18(17-9)11-6-4-3-5-7-11/h3-8H,1-2H3,(H2,15,16). The first-order valence-electron chi connectivity index (χ1n) is 6.00. The van der Waals surface area contributed by atoms with Crippen LogP contribution < -0.4 is 5.73 Å². The van der Waals surface area contributed by atoms with Gasteiger partial charge < -0.3 is 5.73 Å². The van der Waals surface area contributed by atoms with Crippen LogP contribution in [0.4, 0.5) is 5.13 Å². The predicted octanol–water partition coefficient (Wildman–Crippen LogP) is 3.19. The molecular weight excluding hydrogens is 256 g/mol. The second kappa shape index (κ2) is 4.51. The lowest BCUT2D eigenvalue weighted by Gasteiger charge is -2.04. The molecule has 0 aliphatic heterocycles. The highest BCUT2D eigenvalue weighted by Crippen LogP contribution is 2.33. The van der Waals surface area contributed by atoms with Gasteiger partial charge in [-0.25, -0.2) is 9.67 Å². The Morgan fingerprint density at radius 1 is 1.16 bits per heavy atom. The fourth-order valence-electron chi connectivity index (χ4n) is 2.22. The second-order valence-corrected chi connectivity index (χ2v) is 5.42. The van der Waals surface area contributed by atoms with E-state index in [0.717, 1.165) is 27.5 Å². The SMILES string of the molecule is Cc1nn(-c2ccccc2)c(C)c1-c1cnc(N)s1. The molecule has 19 heavy (non-hydrogen) atoms. The minimum absolute atomic E-state index is 0.585. The first-order chi connectivity index (χ1) is 9.16. The van der Waals surface area contributed by atoms with Crippen LogP contribution in [0.2, 0.25) is 0 Å². The Kier molecular flexibility index (Phi) is 2.83. The lowest BCUT2D eigenvalue weighted by atomic mass is 10.2. The summed E-state index contributed by atoms with van der Waals surface area (Å²) < 4.78 is 1.96. The second-order valence-electron chi connectivity index (χ2n) is 4.36. The van der Waals surface area contributed by atoms with Crippen LogP contribution in [-0.2, 0) is 0 Å². The minimum Gasteiger partial charge on any atom is -0.375 e. The van der Waals surface area contributed by atoms with Crippen LogP contribution in [0.5, 0.6) is 0 Å². The summed E-state index contributed by atoms with van der Waals surface area (Å²) >= 11 is 1.49. The van der Waals surface area contributed by atoms with Gasteiger partial charge >= 0.3 is 0 Å². The fourth-order valence-corrected chi connectivity index (χ4v) is 3.06. The first-order valence-corrected chi connectivity index (χ1v) is 6.82. The Hall–Kier alpha value is -2.14. The van der Waals surface area contributed by atoms with Gasteiger partial charge in [0.1, 0.15) is 0 Å². The molecule has 2 heterocycles. The zero-order valence-corrected chi connectivity index (χ0v) is 11.6. The third-order valence-corrected chi connectivity index (χ3v) is 3.91. The Labute approximate surface area is 115 Å². The Morgan fingerprint density at radius 3 is 2.53 bits per heavy atom. The van der Waals surface area contributed by atoms with Gasteiger partial charge in [0.25, 0.3) is 0 Å². The molecular formula is C14H14N4S. The average Bonchev–Trinajstić information content (AvgIpc) is 2.95. The maximum atomic E-state index is 5.71. The van der Waals surface area contributed by atoms with Crippen LogP contribution in [0.3, 0.4) is 0 Å². The summed E-state index contributed by atoms with van der Waals surface area (Å²) in [5, 5.41) is 5.21. The normalized spacial score (nSPS) is 10.8. The van der Waals surface area contributed by atoms with E-state index in [0.29, 0.717) is 5.13 Å². The third kappa shape index (κ3) is 2.02. The molecule has 2 aromatic heterocycles. The Balaban J connectivity index is 2.16. The number of nitrogens with zero attached hydrogens (tertiary/aromatic N) is 3. The van der Waals surface area contributed by atoms with Crippen molar-refractivity contribution >= 4 is 16.5 Å². The number of hydrogen-bond donors (Lipinski definition) is 1. The van der Waals surface area contributed by atoms with Gasteiger partial charge in [0.05, 0.1) is 22.0 Å². The highest BCUT2D eigenvalue weighted by molar-refractivity contribution is 7.18. The van der Waals surface area contributed by atoms with Crippen molar-refractivity contribution in [1.29, 1.82) is 0 Å². The summed E-state index contributed by atoms with van der Waals surface area (Å²) in [5.74, 6) is 0. The lowest BCUT2D eigenvalue weighted by molar-refractivity contribution is 0.834. The molecule has 0 unspecified atom stereocenters. The molecule has 0 spiro atoms. The van der Waals surface area contributed by atoms with Crippen molar-refractivity contribution in [2.24, 2.45) is 0 Å². The zero-order valence-electron chi connectivity index (χ0n) is 10.8. The zero-order chi connectivity index (χ0) is 13.4. The van der Waals surface area contributed by atoms with Gasteiger partial charge in [0, 0.05) is 11.8 Å². The molecule has 3 aromatic rings. The monoisotopic (exact) mass is 270 g/mol. The molecule has 0 atom stereocenters. The van der Waals surface area contributed by atoms with E-state index >= 15 is 0 Å². The lowest BCUT2D eigenvalue weighted by Crippen LogP contribution is -1.98. The van der Waals surface area contributed by atoms with Crippen LogP contribution in [0.1, 0.15) is 11.4 Å². The van der Waals surface area contributed by atoms with Crippen molar-refractivity contribution in [3.8, 4) is 16.1 Å². The fraction of sp³-hybridized carbons (Fsp3) is 0.143. The van der Waals surface area contributed by atoms with Crippen molar-refractivity contribution in [3.05, 3.63) is 47.9 Å². The van der Waals surface area contributed by atoms with Gasteiger partial charge in [0.2, 0.25) is 0 Å². The summed E-state index contributed by atoms with van der Waals surface area (Å²) in [4.78, 5) is 5.18. The van der Waals surface area contributed by atoms with Crippen molar-refractivity contribution in [1.82, 2.24) is 14.8 Å². The van der Waals surface area contributed by atoms with Gasteiger partial charge in [-0.1, -0.05) is 29.5 Å². The molecule has 3 rings (SSSR count). The van der Waals surface area contributed by atoms with E-state index in [9.17, 15) is 0 Å². The number of hydrogen-bond acceptors (Lipinski definition) is 4. The van der Waals surface area contributed by atoms with Crippen LogP contribution in [0.25, 0.3) is 16.1 Å². The largest absolute Gasteiger partial charge is 0.375 e. The van der Waals surface area contributed by atoms with E-state index in [-0.39, 0.29) is 0 Å². The van der Waals surface area contributed by atoms with E-state index in [1.807, 2.05) is 48.1 Å². The van der Waals surface area contributed by atoms with Crippen LogP contribution in [0, 0.1) is 13.8 Å². The number of aromatic nitrogens is 3. The number of benzene rings is 1. The molecule has 5 heteroatoms. The van der Waals surface area contributed by atoms with E-state index in [2.05, 4.69) is 17.0 Å². The van der Waals surface area contributed by atoms with E-state index < -0.39 is 0 Å². The van der Waals surface area contributed by atoms with Gasteiger partial charge in [-0.15, -0.1) is 0 Å². The Morgan fingerprint density at radius 2 is 1.89 bits per heavy atom. The summed E-state index contributed by atoms with van der Waals surface area (Å²) in [6.07, 6.45) is 1.81.